The minimum atomic E-state index is -0.275. The summed E-state index contributed by atoms with van der Waals surface area (Å²) in [6.07, 6.45) is 0. The number of hydrogen-bond donors (Lipinski definition) is 2. The number of likely N-dealkylation sites (N-methyl/N-ethyl adjacent to an activating group) is 1. The lowest BCUT2D eigenvalue weighted by atomic mass is 10.2. The number of rotatable bonds is 5. The van der Waals surface area contributed by atoms with E-state index in [1.54, 1.807) is 24.3 Å². The van der Waals surface area contributed by atoms with Crippen molar-refractivity contribution in [3.05, 3.63) is 54.2 Å². The van der Waals surface area contributed by atoms with Crippen LogP contribution in [0.15, 0.2) is 48.5 Å². The average Bonchev–Trinajstić information content (AvgIpc) is 3.15. The second-order valence-corrected chi connectivity index (χ2v) is 6.50. The Morgan fingerprint density at radius 1 is 1.07 bits per heavy atom. The van der Waals surface area contributed by atoms with Crippen molar-refractivity contribution in [1.82, 2.24) is 9.88 Å². The van der Waals surface area contributed by atoms with Crippen molar-refractivity contribution in [2.24, 2.45) is 0 Å². The van der Waals surface area contributed by atoms with Gasteiger partial charge in [-0.25, -0.2) is 0 Å². The third-order valence-electron chi connectivity index (χ3n) is 4.59. The molecule has 7 heteroatoms. The van der Waals surface area contributed by atoms with E-state index in [4.69, 9.17) is 9.47 Å². The molecule has 144 valence electrons. The fraction of sp³-hybridized carbons (Fsp3) is 0.238. The minimum Gasteiger partial charge on any atom is -0.486 e. The van der Waals surface area contributed by atoms with Gasteiger partial charge in [0.25, 0.3) is 5.91 Å². The van der Waals surface area contributed by atoms with Crippen LogP contribution < -0.4 is 14.8 Å². The van der Waals surface area contributed by atoms with E-state index in [1.165, 1.54) is 4.90 Å². The summed E-state index contributed by atoms with van der Waals surface area (Å²) in [5.74, 6) is 0.776. The van der Waals surface area contributed by atoms with E-state index < -0.39 is 0 Å². The van der Waals surface area contributed by atoms with Gasteiger partial charge in [-0.3, -0.25) is 9.59 Å². The zero-order valence-corrected chi connectivity index (χ0v) is 15.5. The maximum absolute atomic E-state index is 12.8. The number of aromatic nitrogens is 1. The number of nitrogens with zero attached hydrogens (tertiary/aromatic N) is 1. The molecule has 0 aliphatic carbocycles. The molecule has 2 amide bonds. The number of nitrogens with one attached hydrogen (secondary N) is 2. The van der Waals surface area contributed by atoms with E-state index in [9.17, 15) is 9.59 Å². The van der Waals surface area contributed by atoms with Gasteiger partial charge in [0.1, 0.15) is 25.5 Å². The number of aromatic amines is 1. The Balaban J connectivity index is 1.44. The van der Waals surface area contributed by atoms with E-state index in [1.807, 2.05) is 31.2 Å². The first-order chi connectivity index (χ1) is 13.6. The molecule has 0 fully saturated rings. The number of carbonyl (C=O) groups excluding carboxylic acids is 2. The molecular weight excluding hydrogens is 358 g/mol. The lowest BCUT2D eigenvalue weighted by molar-refractivity contribution is -0.116. The van der Waals surface area contributed by atoms with Gasteiger partial charge in [-0.2, -0.15) is 0 Å². The van der Waals surface area contributed by atoms with Gasteiger partial charge in [0.15, 0.2) is 11.5 Å². The van der Waals surface area contributed by atoms with Crippen LogP contribution in [0, 0.1) is 0 Å². The molecule has 1 aliphatic heterocycles. The minimum absolute atomic E-state index is 0.0425. The zero-order chi connectivity index (χ0) is 19.5. The summed E-state index contributed by atoms with van der Waals surface area (Å²) in [6, 6.07) is 14.7. The average molecular weight is 379 g/mol. The first kappa shape index (κ1) is 17.9. The molecule has 0 radical (unpaired) electrons. The van der Waals surface area contributed by atoms with Gasteiger partial charge in [-0.1, -0.05) is 18.2 Å². The molecule has 7 nitrogen and oxygen atoms in total. The number of fused-ring (bicyclic) bond motifs is 2. The summed E-state index contributed by atoms with van der Waals surface area (Å²) < 4.78 is 11.0. The molecule has 1 aliphatic rings. The summed E-state index contributed by atoms with van der Waals surface area (Å²) in [7, 11) is 0. The van der Waals surface area contributed by atoms with E-state index in [0.29, 0.717) is 42.6 Å². The first-order valence-corrected chi connectivity index (χ1v) is 9.20. The molecule has 2 heterocycles. The topological polar surface area (TPSA) is 83.7 Å². The molecule has 0 spiro atoms. The maximum atomic E-state index is 12.8. The summed E-state index contributed by atoms with van der Waals surface area (Å²) in [4.78, 5) is 29.9. The molecule has 0 saturated heterocycles. The predicted octanol–water partition coefficient (Wildman–Crippen LogP) is 3.04. The predicted molar refractivity (Wildman–Crippen MR) is 106 cm³/mol. The molecule has 3 aromatic rings. The van der Waals surface area contributed by atoms with E-state index in [0.717, 1.165) is 10.9 Å². The second-order valence-electron chi connectivity index (χ2n) is 6.50. The van der Waals surface area contributed by atoms with Crippen molar-refractivity contribution in [3.63, 3.8) is 0 Å². The van der Waals surface area contributed by atoms with Crippen LogP contribution >= 0.6 is 0 Å². The van der Waals surface area contributed by atoms with Crippen molar-refractivity contribution in [1.29, 1.82) is 0 Å². The molecule has 4 rings (SSSR count). The van der Waals surface area contributed by atoms with Crippen LogP contribution in [0.2, 0.25) is 0 Å². The highest BCUT2D eigenvalue weighted by Gasteiger charge is 2.20. The first-order valence-electron chi connectivity index (χ1n) is 9.20. The third kappa shape index (κ3) is 3.64. The van der Waals surface area contributed by atoms with E-state index in [2.05, 4.69) is 10.3 Å². The number of benzene rings is 2. The highest BCUT2D eigenvalue weighted by Crippen LogP contribution is 2.32. The van der Waals surface area contributed by atoms with Gasteiger partial charge < -0.3 is 24.7 Å². The maximum Gasteiger partial charge on any atom is 0.270 e. The lowest BCUT2D eigenvalue weighted by Crippen LogP contribution is -2.38. The number of amides is 2. The smallest absolute Gasteiger partial charge is 0.270 e. The molecule has 2 N–H and O–H groups in total. The van der Waals surface area contributed by atoms with Crippen LogP contribution in [0.4, 0.5) is 5.69 Å². The molecule has 28 heavy (non-hydrogen) atoms. The second kappa shape index (κ2) is 7.64. The highest BCUT2D eigenvalue weighted by molar-refractivity contribution is 6.01. The summed E-state index contributed by atoms with van der Waals surface area (Å²) in [6.45, 7) is 3.22. The normalized spacial score (nSPS) is 12.6. The van der Waals surface area contributed by atoms with Crippen LogP contribution in [-0.4, -0.2) is 48.0 Å². The third-order valence-corrected chi connectivity index (χ3v) is 4.59. The fourth-order valence-corrected chi connectivity index (χ4v) is 3.18. The monoisotopic (exact) mass is 379 g/mol. The van der Waals surface area contributed by atoms with E-state index >= 15 is 0 Å². The number of ether oxygens (including phenoxy) is 2. The number of carbonyl (C=O) groups is 2. The van der Waals surface area contributed by atoms with E-state index in [-0.39, 0.29) is 18.4 Å². The summed E-state index contributed by atoms with van der Waals surface area (Å²) >= 11 is 0. The van der Waals surface area contributed by atoms with Crippen LogP contribution in [0.3, 0.4) is 0 Å². The molecule has 0 saturated carbocycles. The van der Waals surface area contributed by atoms with Crippen molar-refractivity contribution in [2.45, 2.75) is 6.92 Å². The molecule has 2 aromatic carbocycles. The standard InChI is InChI=1S/C21H21N3O4/c1-2-24(21(26)17-11-14-5-3-4-6-16(14)23-17)13-20(25)22-15-7-8-18-19(12-15)28-10-9-27-18/h3-8,11-12,23H,2,9-10,13H2,1H3,(H,22,25). The molecular formula is C21H21N3O4. The Bertz CT molecular complexity index is 994. The van der Waals surface area contributed by atoms with Gasteiger partial charge in [-0.15, -0.1) is 0 Å². The number of hydrogen-bond acceptors (Lipinski definition) is 4. The van der Waals surface area contributed by atoms with Crippen LogP contribution in [0.5, 0.6) is 11.5 Å². The van der Waals surface area contributed by atoms with Crippen molar-refractivity contribution in [2.75, 3.05) is 31.6 Å². The van der Waals surface area contributed by atoms with Gasteiger partial charge in [0.05, 0.1) is 0 Å². The highest BCUT2D eigenvalue weighted by atomic mass is 16.6. The number of anilines is 1. The van der Waals surface area contributed by atoms with Crippen molar-refractivity contribution in [3.8, 4) is 11.5 Å². The van der Waals surface area contributed by atoms with Gasteiger partial charge in [-0.05, 0) is 31.2 Å². The fourth-order valence-electron chi connectivity index (χ4n) is 3.18. The summed E-state index contributed by atoms with van der Waals surface area (Å²) in [5, 5.41) is 3.77. The molecule has 0 unspecified atom stereocenters. The Morgan fingerprint density at radius 2 is 1.86 bits per heavy atom. The molecule has 0 atom stereocenters. The Labute approximate surface area is 162 Å². The van der Waals surface area contributed by atoms with Crippen LogP contribution in [-0.2, 0) is 4.79 Å². The zero-order valence-electron chi connectivity index (χ0n) is 15.5. The Hall–Kier alpha value is -3.48. The largest absolute Gasteiger partial charge is 0.486 e. The molecule has 0 bridgehead atoms. The van der Waals surface area contributed by atoms with Crippen LogP contribution in [0.25, 0.3) is 10.9 Å². The lowest BCUT2D eigenvalue weighted by Gasteiger charge is -2.21. The number of H-pyrrole nitrogens is 1. The quantitative estimate of drug-likeness (QED) is 0.714. The van der Waals surface area contributed by atoms with Gasteiger partial charge in [0.2, 0.25) is 5.91 Å². The Morgan fingerprint density at radius 3 is 2.64 bits per heavy atom. The van der Waals surface area contributed by atoms with Crippen molar-refractivity contribution >= 4 is 28.4 Å². The molecule has 1 aromatic heterocycles. The van der Waals surface area contributed by atoms with Gasteiger partial charge >= 0.3 is 0 Å². The number of para-hydroxylation sites is 1. The SMILES string of the molecule is CCN(CC(=O)Nc1ccc2c(c1)OCCO2)C(=O)c1cc2ccccc2[nH]1. The van der Waals surface area contributed by atoms with Crippen LogP contribution in [0.1, 0.15) is 17.4 Å². The summed E-state index contributed by atoms with van der Waals surface area (Å²) in [5.41, 5.74) is 1.96. The van der Waals surface area contributed by atoms with Gasteiger partial charge in [0, 0.05) is 29.2 Å². The van der Waals surface area contributed by atoms with Crippen molar-refractivity contribution < 1.29 is 19.1 Å². The Kier molecular flexibility index (Phi) is 4.89.